The largest absolute Gasteiger partial charge is 0.314 e. The summed E-state index contributed by atoms with van der Waals surface area (Å²) in [6.07, 6.45) is 7.00. The van der Waals surface area contributed by atoms with Gasteiger partial charge in [0.15, 0.2) is 0 Å². The molecule has 0 radical (unpaired) electrons. The van der Waals surface area contributed by atoms with Crippen LogP contribution in [0.1, 0.15) is 48.8 Å². The molecule has 0 unspecified atom stereocenters. The Kier molecular flexibility index (Phi) is 4.13. The van der Waals surface area contributed by atoms with Crippen LogP contribution in [0.25, 0.3) is 0 Å². The van der Waals surface area contributed by atoms with E-state index in [1.165, 1.54) is 56.3 Å². The van der Waals surface area contributed by atoms with Crippen molar-refractivity contribution in [1.29, 1.82) is 0 Å². The maximum atomic E-state index is 3.65. The van der Waals surface area contributed by atoms with Gasteiger partial charge in [0, 0.05) is 31.7 Å². The molecule has 1 spiro atoms. The monoisotopic (exact) mass is 272 g/mol. The third kappa shape index (κ3) is 2.64. The Bertz CT molecular complexity index is 432. The minimum absolute atomic E-state index is 0.436. The van der Waals surface area contributed by atoms with E-state index >= 15 is 0 Å². The molecule has 1 aromatic carbocycles. The zero-order chi connectivity index (χ0) is 14.0. The molecule has 20 heavy (non-hydrogen) atoms. The van der Waals surface area contributed by atoms with Crippen molar-refractivity contribution in [2.75, 3.05) is 19.6 Å². The Labute approximate surface area is 123 Å². The molecule has 0 atom stereocenters. The first-order chi connectivity index (χ1) is 9.71. The Balaban J connectivity index is 1.83. The van der Waals surface area contributed by atoms with Crippen LogP contribution in [0.2, 0.25) is 0 Å². The molecule has 3 rings (SSSR count). The highest BCUT2D eigenvalue weighted by Crippen LogP contribution is 2.36. The third-order valence-corrected chi connectivity index (χ3v) is 5.46. The van der Waals surface area contributed by atoms with Crippen molar-refractivity contribution in [2.45, 2.75) is 58.0 Å². The highest BCUT2D eigenvalue weighted by Gasteiger charge is 2.39. The van der Waals surface area contributed by atoms with Gasteiger partial charge in [0.25, 0.3) is 0 Å². The van der Waals surface area contributed by atoms with Crippen LogP contribution in [0.3, 0.4) is 0 Å². The quantitative estimate of drug-likeness (QED) is 0.887. The lowest BCUT2D eigenvalue weighted by molar-refractivity contribution is 0.0206. The second-order valence-corrected chi connectivity index (χ2v) is 6.75. The first-order valence-electron chi connectivity index (χ1n) is 8.22. The zero-order valence-corrected chi connectivity index (χ0v) is 13.0. The Morgan fingerprint density at radius 1 is 1.10 bits per heavy atom. The fourth-order valence-corrected chi connectivity index (χ4v) is 4.12. The first kappa shape index (κ1) is 14.1. The van der Waals surface area contributed by atoms with E-state index in [0.29, 0.717) is 5.54 Å². The summed E-state index contributed by atoms with van der Waals surface area (Å²) in [5, 5.41) is 3.65. The minimum Gasteiger partial charge on any atom is -0.314 e. The molecule has 2 heteroatoms. The van der Waals surface area contributed by atoms with E-state index in [2.05, 4.69) is 42.3 Å². The van der Waals surface area contributed by atoms with Crippen LogP contribution in [-0.4, -0.2) is 30.1 Å². The van der Waals surface area contributed by atoms with Gasteiger partial charge in [-0.1, -0.05) is 37.5 Å². The van der Waals surface area contributed by atoms with E-state index in [1.807, 2.05) is 0 Å². The average Bonchev–Trinajstić information content (AvgIpc) is 2.46. The highest BCUT2D eigenvalue weighted by molar-refractivity contribution is 5.33. The van der Waals surface area contributed by atoms with E-state index in [0.717, 1.165) is 13.1 Å². The van der Waals surface area contributed by atoms with Crippen molar-refractivity contribution in [3.63, 3.8) is 0 Å². The summed E-state index contributed by atoms with van der Waals surface area (Å²) in [6, 6.07) is 6.71. The van der Waals surface area contributed by atoms with Crippen LogP contribution in [0, 0.1) is 13.8 Å². The number of benzene rings is 1. The molecule has 1 saturated carbocycles. The van der Waals surface area contributed by atoms with Crippen LogP contribution in [0.5, 0.6) is 0 Å². The van der Waals surface area contributed by atoms with Crippen molar-refractivity contribution in [3.05, 3.63) is 34.9 Å². The van der Waals surface area contributed by atoms with Crippen LogP contribution < -0.4 is 5.32 Å². The van der Waals surface area contributed by atoms with Crippen molar-refractivity contribution in [1.82, 2.24) is 10.2 Å². The zero-order valence-electron chi connectivity index (χ0n) is 13.0. The van der Waals surface area contributed by atoms with Crippen LogP contribution in [0.15, 0.2) is 18.2 Å². The molecule has 2 fully saturated rings. The summed E-state index contributed by atoms with van der Waals surface area (Å²) < 4.78 is 0. The van der Waals surface area contributed by atoms with Crippen molar-refractivity contribution in [2.24, 2.45) is 0 Å². The lowest BCUT2D eigenvalue weighted by Crippen LogP contribution is -2.61. The summed E-state index contributed by atoms with van der Waals surface area (Å²) in [7, 11) is 0. The summed E-state index contributed by atoms with van der Waals surface area (Å²) in [5.74, 6) is 0. The number of nitrogens with zero attached hydrogens (tertiary/aromatic N) is 1. The Morgan fingerprint density at radius 2 is 1.80 bits per heavy atom. The maximum Gasteiger partial charge on any atom is 0.0338 e. The Morgan fingerprint density at radius 3 is 2.50 bits per heavy atom. The molecule has 2 aliphatic rings. The number of rotatable bonds is 2. The first-order valence-corrected chi connectivity index (χ1v) is 8.22. The topological polar surface area (TPSA) is 15.3 Å². The van der Waals surface area contributed by atoms with Crippen molar-refractivity contribution in [3.8, 4) is 0 Å². The van der Waals surface area contributed by atoms with Crippen LogP contribution in [0.4, 0.5) is 0 Å². The molecule has 110 valence electrons. The van der Waals surface area contributed by atoms with Gasteiger partial charge in [0.2, 0.25) is 0 Å². The summed E-state index contributed by atoms with van der Waals surface area (Å²) in [4.78, 5) is 2.79. The molecule has 0 bridgehead atoms. The van der Waals surface area contributed by atoms with Gasteiger partial charge in [-0.05, 0) is 43.4 Å². The summed E-state index contributed by atoms with van der Waals surface area (Å²) in [5.41, 5.74) is 4.90. The van der Waals surface area contributed by atoms with Gasteiger partial charge in [-0.25, -0.2) is 0 Å². The SMILES string of the molecule is Cc1cccc(C)c1CN1CCNCC12CCCCC2. The smallest absolute Gasteiger partial charge is 0.0338 e. The fourth-order valence-electron chi connectivity index (χ4n) is 4.12. The molecular formula is C18H28N2. The average molecular weight is 272 g/mol. The van der Waals surface area contributed by atoms with Crippen LogP contribution in [-0.2, 0) is 6.54 Å². The van der Waals surface area contributed by atoms with Gasteiger partial charge in [-0.2, -0.15) is 0 Å². The van der Waals surface area contributed by atoms with Crippen molar-refractivity contribution < 1.29 is 0 Å². The highest BCUT2D eigenvalue weighted by atomic mass is 15.3. The summed E-state index contributed by atoms with van der Waals surface area (Å²) >= 11 is 0. The third-order valence-electron chi connectivity index (χ3n) is 5.46. The molecular weight excluding hydrogens is 244 g/mol. The number of nitrogens with one attached hydrogen (secondary N) is 1. The second kappa shape index (κ2) is 5.87. The second-order valence-electron chi connectivity index (χ2n) is 6.75. The van der Waals surface area contributed by atoms with Gasteiger partial charge in [0.1, 0.15) is 0 Å². The predicted octanol–water partition coefficient (Wildman–Crippen LogP) is 3.41. The van der Waals surface area contributed by atoms with Crippen molar-refractivity contribution >= 4 is 0 Å². The number of hydrogen-bond acceptors (Lipinski definition) is 2. The molecule has 1 N–H and O–H groups in total. The molecule has 1 aliphatic carbocycles. The molecule has 1 heterocycles. The molecule has 1 aromatic rings. The number of piperazine rings is 1. The molecule has 2 nitrogen and oxygen atoms in total. The van der Waals surface area contributed by atoms with Gasteiger partial charge in [0.05, 0.1) is 0 Å². The van der Waals surface area contributed by atoms with E-state index in [-0.39, 0.29) is 0 Å². The van der Waals surface area contributed by atoms with Gasteiger partial charge < -0.3 is 5.32 Å². The minimum atomic E-state index is 0.436. The lowest BCUT2D eigenvalue weighted by atomic mass is 9.78. The van der Waals surface area contributed by atoms with Gasteiger partial charge >= 0.3 is 0 Å². The molecule has 0 amide bonds. The fraction of sp³-hybridized carbons (Fsp3) is 0.667. The Hall–Kier alpha value is -0.860. The summed E-state index contributed by atoms with van der Waals surface area (Å²) in [6.45, 7) is 9.20. The number of hydrogen-bond donors (Lipinski definition) is 1. The standard InChI is InChI=1S/C18H28N2/c1-15-7-6-8-16(2)17(15)13-20-12-11-19-14-18(20)9-4-3-5-10-18/h6-8,19H,3-5,9-14H2,1-2H3. The predicted molar refractivity (Wildman–Crippen MR) is 85.0 cm³/mol. The number of aryl methyl sites for hydroxylation is 2. The van der Waals surface area contributed by atoms with E-state index in [9.17, 15) is 0 Å². The molecule has 1 aliphatic heterocycles. The molecule has 1 saturated heterocycles. The maximum absolute atomic E-state index is 3.65. The lowest BCUT2D eigenvalue weighted by Gasteiger charge is -2.50. The van der Waals surface area contributed by atoms with Gasteiger partial charge in [-0.15, -0.1) is 0 Å². The molecule has 0 aromatic heterocycles. The van der Waals surface area contributed by atoms with Gasteiger partial charge in [-0.3, -0.25) is 4.90 Å². The van der Waals surface area contributed by atoms with E-state index < -0.39 is 0 Å². The van der Waals surface area contributed by atoms with Crippen LogP contribution >= 0.6 is 0 Å². The normalized spacial score (nSPS) is 23.1. The van der Waals surface area contributed by atoms with E-state index in [4.69, 9.17) is 0 Å². The van der Waals surface area contributed by atoms with E-state index in [1.54, 1.807) is 5.56 Å².